The molecule has 1 aliphatic heterocycles. The number of amides is 3. The Morgan fingerprint density at radius 3 is 2.74 bits per heavy atom. The number of aromatic nitrogens is 1. The molecule has 3 rings (SSSR count). The van der Waals surface area contributed by atoms with Crippen molar-refractivity contribution >= 4 is 17.8 Å². The number of nitrogens with zero attached hydrogens (tertiary/aromatic N) is 3. The van der Waals surface area contributed by atoms with E-state index in [-0.39, 0.29) is 18.0 Å². The van der Waals surface area contributed by atoms with E-state index in [0.29, 0.717) is 25.2 Å². The fraction of sp³-hybridized carbons (Fsp3) is 0.421. The number of hydrogen-bond acceptors (Lipinski definition) is 5. The summed E-state index contributed by atoms with van der Waals surface area (Å²) in [6.07, 6.45) is 6.15. The van der Waals surface area contributed by atoms with Crippen molar-refractivity contribution in [3.8, 4) is 0 Å². The summed E-state index contributed by atoms with van der Waals surface area (Å²) >= 11 is 0. The van der Waals surface area contributed by atoms with E-state index in [9.17, 15) is 9.59 Å². The van der Waals surface area contributed by atoms with Crippen LogP contribution in [-0.4, -0.2) is 55.0 Å². The van der Waals surface area contributed by atoms with Gasteiger partial charge in [0.1, 0.15) is 12.1 Å². The topological polar surface area (TPSA) is 90.7 Å². The van der Waals surface area contributed by atoms with Crippen LogP contribution < -0.4 is 15.5 Å². The minimum atomic E-state index is -0.196. The molecule has 0 atom stereocenters. The number of likely N-dealkylation sites (tertiary alicyclic amines) is 1. The highest BCUT2D eigenvalue weighted by atomic mass is 16.3. The van der Waals surface area contributed by atoms with Gasteiger partial charge in [-0.05, 0) is 36.6 Å². The molecule has 0 bridgehead atoms. The Morgan fingerprint density at radius 2 is 2.07 bits per heavy atom. The fourth-order valence-corrected chi connectivity index (χ4v) is 3.03. The Hall–Kier alpha value is -3.03. The van der Waals surface area contributed by atoms with Gasteiger partial charge in [-0.25, -0.2) is 9.78 Å². The number of pyridine rings is 1. The van der Waals surface area contributed by atoms with E-state index >= 15 is 0 Å². The fourth-order valence-electron chi connectivity index (χ4n) is 3.03. The van der Waals surface area contributed by atoms with Crippen LogP contribution in [0.2, 0.25) is 0 Å². The van der Waals surface area contributed by atoms with Crippen molar-refractivity contribution in [2.45, 2.75) is 25.4 Å². The standard InChI is InChI=1S/C19H25N5O3/c1-23(2)17-11-14(3-7-20-17)12-21-19(26)22-16-4-8-24(9-5-16)18(25)15-6-10-27-13-15/h3,6-7,10-11,13,16H,4-5,8-9,12H2,1-2H3,(H2,21,22,26). The van der Waals surface area contributed by atoms with Crippen LogP contribution in [0.5, 0.6) is 0 Å². The van der Waals surface area contributed by atoms with E-state index in [1.165, 1.54) is 12.5 Å². The molecule has 144 valence electrons. The van der Waals surface area contributed by atoms with E-state index in [1.807, 2.05) is 31.1 Å². The van der Waals surface area contributed by atoms with E-state index in [1.54, 1.807) is 17.2 Å². The highest BCUT2D eigenvalue weighted by Crippen LogP contribution is 2.14. The minimum Gasteiger partial charge on any atom is -0.472 e. The first-order valence-electron chi connectivity index (χ1n) is 9.01. The number of rotatable bonds is 5. The number of piperidine rings is 1. The van der Waals surface area contributed by atoms with Gasteiger partial charge in [-0.3, -0.25) is 4.79 Å². The zero-order valence-corrected chi connectivity index (χ0v) is 15.6. The van der Waals surface area contributed by atoms with Gasteiger partial charge in [0.05, 0.1) is 11.8 Å². The van der Waals surface area contributed by atoms with Gasteiger partial charge in [-0.15, -0.1) is 0 Å². The molecule has 0 radical (unpaired) electrons. The van der Waals surface area contributed by atoms with Crippen molar-refractivity contribution in [3.63, 3.8) is 0 Å². The molecule has 2 N–H and O–H groups in total. The molecule has 3 amide bonds. The summed E-state index contributed by atoms with van der Waals surface area (Å²) in [6, 6.07) is 5.36. The summed E-state index contributed by atoms with van der Waals surface area (Å²) in [4.78, 5) is 32.4. The van der Waals surface area contributed by atoms with Crippen LogP contribution in [-0.2, 0) is 6.54 Å². The molecule has 0 spiro atoms. The zero-order valence-electron chi connectivity index (χ0n) is 15.6. The van der Waals surface area contributed by atoms with Gasteiger partial charge < -0.3 is 24.9 Å². The largest absolute Gasteiger partial charge is 0.472 e. The van der Waals surface area contributed by atoms with Gasteiger partial charge >= 0.3 is 6.03 Å². The molecule has 1 saturated heterocycles. The van der Waals surface area contributed by atoms with E-state index < -0.39 is 0 Å². The van der Waals surface area contributed by atoms with Crippen LogP contribution in [0.4, 0.5) is 10.6 Å². The SMILES string of the molecule is CN(C)c1cc(CNC(=O)NC2CCN(C(=O)c3ccoc3)CC2)ccn1. The number of urea groups is 1. The number of carbonyl (C=O) groups excluding carboxylic acids is 2. The second kappa shape index (κ2) is 8.57. The average molecular weight is 371 g/mol. The number of furan rings is 1. The van der Waals surface area contributed by atoms with Crippen molar-refractivity contribution in [1.82, 2.24) is 20.5 Å². The summed E-state index contributed by atoms with van der Waals surface area (Å²) in [7, 11) is 3.85. The highest BCUT2D eigenvalue weighted by Gasteiger charge is 2.25. The lowest BCUT2D eigenvalue weighted by atomic mass is 10.0. The molecule has 1 fully saturated rings. The molecule has 0 unspecified atom stereocenters. The zero-order chi connectivity index (χ0) is 19.2. The van der Waals surface area contributed by atoms with E-state index in [2.05, 4.69) is 15.6 Å². The van der Waals surface area contributed by atoms with Gasteiger partial charge in [-0.2, -0.15) is 0 Å². The molecule has 2 aromatic rings. The quantitative estimate of drug-likeness (QED) is 0.837. The molecule has 8 nitrogen and oxygen atoms in total. The second-order valence-electron chi connectivity index (χ2n) is 6.82. The first-order valence-corrected chi connectivity index (χ1v) is 9.01. The van der Waals surface area contributed by atoms with Gasteiger partial charge in [-0.1, -0.05) is 0 Å². The average Bonchev–Trinajstić information content (AvgIpc) is 3.21. The second-order valence-corrected chi connectivity index (χ2v) is 6.82. The summed E-state index contributed by atoms with van der Waals surface area (Å²) < 4.78 is 4.96. The third-order valence-corrected chi connectivity index (χ3v) is 4.61. The van der Waals surface area contributed by atoms with Crippen LogP contribution in [0.15, 0.2) is 41.3 Å². The van der Waals surface area contributed by atoms with Crippen LogP contribution in [0.25, 0.3) is 0 Å². The van der Waals surface area contributed by atoms with Gasteiger partial charge in [0.25, 0.3) is 5.91 Å². The van der Waals surface area contributed by atoms with Crippen molar-refractivity contribution in [2.24, 2.45) is 0 Å². The molecular formula is C19H25N5O3. The molecule has 8 heteroatoms. The predicted molar refractivity (Wildman–Crippen MR) is 102 cm³/mol. The van der Waals surface area contributed by atoms with Crippen molar-refractivity contribution in [3.05, 3.63) is 48.0 Å². The van der Waals surface area contributed by atoms with E-state index in [0.717, 1.165) is 24.2 Å². The van der Waals surface area contributed by atoms with Crippen molar-refractivity contribution in [2.75, 3.05) is 32.1 Å². The number of hydrogen-bond donors (Lipinski definition) is 2. The number of nitrogens with one attached hydrogen (secondary N) is 2. The Bertz CT molecular complexity index is 767. The Morgan fingerprint density at radius 1 is 1.30 bits per heavy atom. The first-order chi connectivity index (χ1) is 13.0. The van der Waals surface area contributed by atoms with Crippen LogP contribution in [0.1, 0.15) is 28.8 Å². The van der Waals surface area contributed by atoms with E-state index in [4.69, 9.17) is 4.42 Å². The Balaban J connectivity index is 1.42. The van der Waals surface area contributed by atoms with Gasteiger partial charge in [0.15, 0.2) is 0 Å². The monoisotopic (exact) mass is 371 g/mol. The third kappa shape index (κ3) is 4.99. The lowest BCUT2D eigenvalue weighted by Gasteiger charge is -2.32. The molecule has 0 saturated carbocycles. The maximum Gasteiger partial charge on any atom is 0.315 e. The first kappa shape index (κ1) is 18.8. The lowest BCUT2D eigenvalue weighted by molar-refractivity contribution is 0.0707. The molecule has 27 heavy (non-hydrogen) atoms. The van der Waals surface area contributed by atoms with Crippen LogP contribution >= 0.6 is 0 Å². The maximum atomic E-state index is 12.3. The highest BCUT2D eigenvalue weighted by molar-refractivity contribution is 5.93. The molecule has 0 aliphatic carbocycles. The lowest BCUT2D eigenvalue weighted by Crippen LogP contribution is -2.49. The van der Waals surface area contributed by atoms with Crippen molar-refractivity contribution < 1.29 is 14.0 Å². The third-order valence-electron chi connectivity index (χ3n) is 4.61. The summed E-state index contributed by atoms with van der Waals surface area (Å²) in [6.45, 7) is 1.67. The predicted octanol–water partition coefficient (Wildman–Crippen LogP) is 1.84. The maximum absolute atomic E-state index is 12.3. The summed E-state index contributed by atoms with van der Waals surface area (Å²) in [5.41, 5.74) is 1.55. The molecule has 0 aromatic carbocycles. The van der Waals surface area contributed by atoms with Crippen LogP contribution in [0, 0.1) is 0 Å². The molecule has 2 aromatic heterocycles. The summed E-state index contributed by atoms with van der Waals surface area (Å²) in [5, 5.41) is 5.87. The van der Waals surface area contributed by atoms with Gasteiger partial charge in [0, 0.05) is 46.0 Å². The Labute approximate surface area is 158 Å². The molecule has 1 aliphatic rings. The minimum absolute atomic E-state index is 0.0268. The summed E-state index contributed by atoms with van der Waals surface area (Å²) in [5.74, 6) is 0.824. The normalized spacial score (nSPS) is 14.7. The number of carbonyl (C=O) groups is 2. The molecular weight excluding hydrogens is 346 g/mol. The smallest absolute Gasteiger partial charge is 0.315 e. The van der Waals surface area contributed by atoms with Gasteiger partial charge in [0.2, 0.25) is 0 Å². The van der Waals surface area contributed by atoms with Crippen molar-refractivity contribution in [1.29, 1.82) is 0 Å². The number of anilines is 1. The van der Waals surface area contributed by atoms with Crippen LogP contribution in [0.3, 0.4) is 0 Å². The Kier molecular flexibility index (Phi) is 5.95. The molecule has 3 heterocycles.